The fourth-order valence-electron chi connectivity index (χ4n) is 6.24. The zero-order chi connectivity index (χ0) is 27.4. The average molecular weight is 536 g/mol. The van der Waals surface area contributed by atoms with Crippen molar-refractivity contribution in [3.63, 3.8) is 0 Å². The van der Waals surface area contributed by atoms with E-state index in [9.17, 15) is 19.5 Å². The molecule has 2 aromatic carbocycles. The van der Waals surface area contributed by atoms with Crippen LogP contribution in [-0.4, -0.2) is 49.0 Å². The lowest BCUT2D eigenvalue weighted by atomic mass is 9.76. The third kappa shape index (κ3) is 6.03. The number of alkyl carbamates (subject to hydrolysis) is 1. The minimum absolute atomic E-state index is 0.0130. The van der Waals surface area contributed by atoms with Crippen LogP contribution in [-0.2, 0) is 26.3 Å². The van der Waals surface area contributed by atoms with E-state index in [1.54, 1.807) is 6.07 Å². The lowest BCUT2D eigenvalue weighted by molar-refractivity contribution is -0.119. The lowest BCUT2D eigenvalue weighted by Crippen LogP contribution is -2.49. The van der Waals surface area contributed by atoms with Crippen molar-refractivity contribution in [2.45, 2.75) is 63.5 Å². The Balaban J connectivity index is 1.32. The third-order valence-electron chi connectivity index (χ3n) is 8.57. The number of amides is 3. The van der Waals surface area contributed by atoms with E-state index in [0.717, 1.165) is 49.7 Å². The van der Waals surface area contributed by atoms with E-state index in [0.29, 0.717) is 37.1 Å². The Morgan fingerprint density at radius 1 is 1.08 bits per heavy atom. The van der Waals surface area contributed by atoms with Crippen molar-refractivity contribution < 1.29 is 29.0 Å². The van der Waals surface area contributed by atoms with E-state index in [2.05, 4.69) is 17.6 Å². The number of ether oxygens (including phenoxy) is 2. The highest BCUT2D eigenvalue weighted by atomic mass is 16.5. The van der Waals surface area contributed by atoms with Crippen molar-refractivity contribution in [2.24, 2.45) is 11.8 Å². The van der Waals surface area contributed by atoms with Crippen LogP contribution in [0.4, 0.5) is 21.0 Å². The van der Waals surface area contributed by atoms with Gasteiger partial charge in [0.1, 0.15) is 12.6 Å². The van der Waals surface area contributed by atoms with Crippen LogP contribution in [0.1, 0.15) is 56.6 Å². The number of hydrogen-bond acceptors (Lipinski definition) is 5. The predicted molar refractivity (Wildman–Crippen MR) is 147 cm³/mol. The summed E-state index contributed by atoms with van der Waals surface area (Å²) in [5.74, 6) is 0.249. The normalized spacial score (nSPS) is 22.5. The molecule has 2 aromatic rings. The molecule has 1 atom stereocenters. The first-order valence-electron chi connectivity index (χ1n) is 13.9. The molecule has 208 valence electrons. The average Bonchev–Trinajstić information content (AvgIpc) is 3.25. The zero-order valence-corrected chi connectivity index (χ0v) is 22.4. The number of carbonyl (C=O) groups is 3. The Kier molecular flexibility index (Phi) is 8.07. The molecule has 0 bridgehead atoms. The van der Waals surface area contributed by atoms with Gasteiger partial charge < -0.3 is 25.2 Å². The number of nitrogens with one attached hydrogen (secondary N) is 2. The highest BCUT2D eigenvalue weighted by Crippen LogP contribution is 2.47. The topological polar surface area (TPSA) is 117 Å². The highest BCUT2D eigenvalue weighted by molar-refractivity contribution is 5.98. The quantitative estimate of drug-likeness (QED) is 0.463. The lowest BCUT2D eigenvalue weighted by Gasteiger charge is -2.33. The van der Waals surface area contributed by atoms with Crippen LogP contribution in [0.5, 0.6) is 0 Å². The molecule has 1 spiro atoms. The van der Waals surface area contributed by atoms with Gasteiger partial charge in [0, 0.05) is 30.9 Å². The molecule has 3 aliphatic rings. The summed E-state index contributed by atoms with van der Waals surface area (Å²) in [6.45, 7) is 3.90. The summed E-state index contributed by atoms with van der Waals surface area (Å²) in [7, 11) is 0. The van der Waals surface area contributed by atoms with E-state index >= 15 is 0 Å². The van der Waals surface area contributed by atoms with Gasteiger partial charge in [0.25, 0.3) is 0 Å². The summed E-state index contributed by atoms with van der Waals surface area (Å²) in [5, 5.41) is 15.7. The number of rotatable bonds is 6. The van der Waals surface area contributed by atoms with Crippen molar-refractivity contribution >= 4 is 29.5 Å². The summed E-state index contributed by atoms with van der Waals surface area (Å²) in [6, 6.07) is 14.1. The Bertz CT molecular complexity index is 1190. The summed E-state index contributed by atoms with van der Waals surface area (Å²) < 4.78 is 11.0. The summed E-state index contributed by atoms with van der Waals surface area (Å²) in [6.07, 6.45) is 3.52. The van der Waals surface area contributed by atoms with E-state index < -0.39 is 18.2 Å². The maximum Gasteiger partial charge on any atom is 0.411 e. The first-order valence-corrected chi connectivity index (χ1v) is 13.9. The van der Waals surface area contributed by atoms with Crippen LogP contribution in [0.2, 0.25) is 0 Å². The van der Waals surface area contributed by atoms with Crippen LogP contribution in [0.3, 0.4) is 0 Å². The number of fused-ring (bicyclic) bond motifs is 2. The van der Waals surface area contributed by atoms with Gasteiger partial charge >= 0.3 is 12.2 Å². The molecule has 1 aliphatic carbocycles. The standard InChI is InChI=1S/C30H37N3O6/c1-20-7-9-22(10-8-20)26(32-28(35)39-18-21-5-3-2-4-6-21)27(34)31-23-11-12-24-25(17-23)33(29(36)37)19-30(24)13-15-38-16-14-30/h2-6,11-12,17,20,22,26H,7-10,13-16,18-19H2,1H3,(H,31,34)(H,32,35)(H,36,37). The molecule has 39 heavy (non-hydrogen) atoms. The van der Waals surface area contributed by atoms with Crippen molar-refractivity contribution in [3.8, 4) is 0 Å². The van der Waals surface area contributed by atoms with Crippen LogP contribution in [0.15, 0.2) is 48.5 Å². The molecule has 3 N–H and O–H groups in total. The number of benzene rings is 2. The largest absolute Gasteiger partial charge is 0.465 e. The zero-order valence-electron chi connectivity index (χ0n) is 22.4. The molecular formula is C30H37N3O6. The van der Waals surface area contributed by atoms with Crippen LogP contribution < -0.4 is 15.5 Å². The molecule has 2 aliphatic heterocycles. The number of anilines is 2. The van der Waals surface area contributed by atoms with Crippen molar-refractivity contribution in [1.82, 2.24) is 5.32 Å². The van der Waals surface area contributed by atoms with Crippen molar-refractivity contribution in [2.75, 3.05) is 30.0 Å². The van der Waals surface area contributed by atoms with Gasteiger partial charge in [0.2, 0.25) is 5.91 Å². The summed E-state index contributed by atoms with van der Waals surface area (Å²) in [4.78, 5) is 39.8. The molecule has 1 saturated heterocycles. The Morgan fingerprint density at radius 3 is 2.49 bits per heavy atom. The number of hydrogen-bond donors (Lipinski definition) is 3. The summed E-state index contributed by atoms with van der Waals surface area (Å²) >= 11 is 0. The van der Waals surface area contributed by atoms with Crippen molar-refractivity contribution in [3.05, 3.63) is 59.7 Å². The van der Waals surface area contributed by atoms with Gasteiger partial charge in [0.15, 0.2) is 0 Å². The Morgan fingerprint density at radius 2 is 1.79 bits per heavy atom. The second-order valence-electron chi connectivity index (χ2n) is 11.2. The Labute approximate surface area is 228 Å². The minimum atomic E-state index is -1.01. The molecule has 0 radical (unpaired) electrons. The SMILES string of the molecule is CC1CCC(C(NC(=O)OCc2ccccc2)C(=O)Nc2ccc3c(c2)N(C(=O)O)CC32CCOCC2)CC1. The smallest absolute Gasteiger partial charge is 0.411 e. The van der Waals surface area contributed by atoms with Gasteiger partial charge in [-0.05, 0) is 60.8 Å². The maximum absolute atomic E-state index is 13.6. The predicted octanol–water partition coefficient (Wildman–Crippen LogP) is 5.29. The molecular weight excluding hydrogens is 498 g/mol. The molecule has 2 fully saturated rings. The third-order valence-corrected chi connectivity index (χ3v) is 8.57. The molecule has 9 heteroatoms. The number of carboxylic acid groups (broad SMARTS) is 1. The first kappa shape index (κ1) is 27.0. The number of nitrogens with zero attached hydrogens (tertiary/aromatic N) is 1. The monoisotopic (exact) mass is 535 g/mol. The second-order valence-corrected chi connectivity index (χ2v) is 11.2. The first-order chi connectivity index (χ1) is 18.8. The van der Waals surface area contributed by atoms with E-state index in [4.69, 9.17) is 9.47 Å². The molecule has 1 unspecified atom stereocenters. The fraction of sp³-hybridized carbons (Fsp3) is 0.500. The second kappa shape index (κ2) is 11.7. The molecule has 0 aromatic heterocycles. The van der Waals surface area contributed by atoms with Gasteiger partial charge in [-0.15, -0.1) is 0 Å². The fourth-order valence-corrected chi connectivity index (χ4v) is 6.24. The molecule has 2 heterocycles. The summed E-state index contributed by atoms with van der Waals surface area (Å²) in [5.41, 5.74) is 2.68. The Hall–Kier alpha value is -3.59. The molecule has 1 saturated carbocycles. The molecule has 5 rings (SSSR count). The highest BCUT2D eigenvalue weighted by Gasteiger charge is 2.46. The number of carbonyl (C=O) groups excluding carboxylic acids is 2. The van der Waals surface area contributed by atoms with Crippen LogP contribution in [0.25, 0.3) is 0 Å². The van der Waals surface area contributed by atoms with E-state index in [1.165, 1.54) is 4.90 Å². The van der Waals surface area contributed by atoms with E-state index in [1.807, 2.05) is 42.5 Å². The van der Waals surface area contributed by atoms with Crippen LogP contribution >= 0.6 is 0 Å². The van der Waals surface area contributed by atoms with E-state index in [-0.39, 0.29) is 23.8 Å². The minimum Gasteiger partial charge on any atom is -0.465 e. The van der Waals surface area contributed by atoms with Crippen molar-refractivity contribution in [1.29, 1.82) is 0 Å². The van der Waals surface area contributed by atoms with Gasteiger partial charge in [-0.25, -0.2) is 9.59 Å². The molecule has 3 amide bonds. The van der Waals surface area contributed by atoms with Gasteiger partial charge in [0.05, 0.1) is 5.69 Å². The van der Waals surface area contributed by atoms with Crippen LogP contribution in [0, 0.1) is 11.8 Å². The van der Waals surface area contributed by atoms with Gasteiger partial charge in [-0.2, -0.15) is 0 Å². The van der Waals surface area contributed by atoms with Gasteiger partial charge in [-0.3, -0.25) is 9.69 Å². The van der Waals surface area contributed by atoms with Gasteiger partial charge in [-0.1, -0.05) is 56.2 Å². The maximum atomic E-state index is 13.6. The molecule has 9 nitrogen and oxygen atoms in total.